The van der Waals surface area contributed by atoms with E-state index in [-0.39, 0.29) is 27.8 Å². The molecule has 4 aromatic rings. The number of thioether (sulfide) groups is 1. The molecule has 0 atom stereocenters. The van der Waals surface area contributed by atoms with E-state index in [1.165, 1.54) is 6.07 Å². The summed E-state index contributed by atoms with van der Waals surface area (Å²) in [6, 6.07) is 22.4. The number of amides is 1. The monoisotopic (exact) mass is 474 g/mol. The Morgan fingerprint density at radius 2 is 1.50 bits per heavy atom. The summed E-state index contributed by atoms with van der Waals surface area (Å²) < 4.78 is 5.97. The fourth-order valence-electron chi connectivity index (χ4n) is 3.22. The SMILES string of the molecule is O=C(CSc1nc(-c2ccccc2)c(-c2ccccc2)o1)Nc1cc(C(=O)O)ccc1C(=O)O. The summed E-state index contributed by atoms with van der Waals surface area (Å²) in [5.41, 5.74) is 1.88. The van der Waals surface area contributed by atoms with E-state index in [4.69, 9.17) is 9.52 Å². The number of carboxylic acid groups (broad SMARTS) is 2. The Balaban J connectivity index is 1.55. The molecule has 8 nitrogen and oxygen atoms in total. The highest BCUT2D eigenvalue weighted by Crippen LogP contribution is 2.35. The number of benzene rings is 3. The lowest BCUT2D eigenvalue weighted by atomic mass is 10.1. The van der Waals surface area contributed by atoms with Gasteiger partial charge in [0.2, 0.25) is 5.91 Å². The summed E-state index contributed by atoms with van der Waals surface area (Å²) in [5.74, 6) is -2.61. The van der Waals surface area contributed by atoms with Gasteiger partial charge in [0.1, 0.15) is 5.69 Å². The van der Waals surface area contributed by atoms with Gasteiger partial charge in [-0.1, -0.05) is 72.4 Å². The molecule has 0 spiro atoms. The van der Waals surface area contributed by atoms with E-state index in [1.807, 2.05) is 60.7 Å². The molecule has 1 amide bonds. The number of hydrogen-bond donors (Lipinski definition) is 3. The van der Waals surface area contributed by atoms with Crippen molar-refractivity contribution in [1.82, 2.24) is 4.98 Å². The molecular weight excluding hydrogens is 456 g/mol. The molecule has 4 rings (SSSR count). The number of nitrogens with one attached hydrogen (secondary N) is 1. The molecule has 0 bridgehead atoms. The van der Waals surface area contributed by atoms with Crippen molar-refractivity contribution in [3.8, 4) is 22.6 Å². The molecule has 0 aliphatic rings. The average Bonchev–Trinajstić information content (AvgIpc) is 3.28. The number of carbonyl (C=O) groups excluding carboxylic acids is 1. The van der Waals surface area contributed by atoms with E-state index in [1.54, 1.807) is 0 Å². The zero-order valence-electron chi connectivity index (χ0n) is 17.6. The number of hydrogen-bond acceptors (Lipinski definition) is 6. The third-order valence-corrected chi connectivity index (χ3v) is 5.62. The highest BCUT2D eigenvalue weighted by Gasteiger charge is 2.19. The first kappa shape index (κ1) is 22.8. The highest BCUT2D eigenvalue weighted by atomic mass is 32.2. The van der Waals surface area contributed by atoms with Crippen LogP contribution in [-0.4, -0.2) is 38.8 Å². The fraction of sp³-hybridized carbons (Fsp3) is 0.0400. The van der Waals surface area contributed by atoms with Gasteiger partial charge in [-0.2, -0.15) is 0 Å². The van der Waals surface area contributed by atoms with Crippen molar-refractivity contribution in [1.29, 1.82) is 0 Å². The van der Waals surface area contributed by atoms with Gasteiger partial charge in [0.25, 0.3) is 5.22 Å². The van der Waals surface area contributed by atoms with Crippen molar-refractivity contribution < 1.29 is 29.0 Å². The zero-order valence-corrected chi connectivity index (χ0v) is 18.4. The van der Waals surface area contributed by atoms with Crippen LogP contribution in [0.3, 0.4) is 0 Å². The maximum Gasteiger partial charge on any atom is 0.337 e. The predicted molar refractivity (Wildman–Crippen MR) is 127 cm³/mol. The summed E-state index contributed by atoms with van der Waals surface area (Å²) in [6.07, 6.45) is 0. The van der Waals surface area contributed by atoms with Gasteiger partial charge in [-0.15, -0.1) is 0 Å². The molecular formula is C25H18N2O6S. The van der Waals surface area contributed by atoms with Crippen LogP contribution in [0.4, 0.5) is 5.69 Å². The number of aromatic nitrogens is 1. The van der Waals surface area contributed by atoms with Crippen LogP contribution >= 0.6 is 11.8 Å². The molecule has 0 saturated heterocycles. The van der Waals surface area contributed by atoms with Crippen molar-refractivity contribution >= 4 is 35.3 Å². The summed E-state index contributed by atoms with van der Waals surface area (Å²) >= 11 is 1.04. The lowest BCUT2D eigenvalue weighted by molar-refractivity contribution is -0.113. The Bertz CT molecular complexity index is 1300. The van der Waals surface area contributed by atoms with Crippen molar-refractivity contribution in [3.63, 3.8) is 0 Å². The van der Waals surface area contributed by atoms with Gasteiger partial charge in [-0.25, -0.2) is 14.6 Å². The second kappa shape index (κ2) is 10.1. The molecule has 0 unspecified atom stereocenters. The molecule has 3 aromatic carbocycles. The van der Waals surface area contributed by atoms with Crippen LogP contribution in [0.1, 0.15) is 20.7 Å². The maximum absolute atomic E-state index is 12.5. The first-order valence-corrected chi connectivity index (χ1v) is 11.1. The molecule has 0 aliphatic heterocycles. The molecule has 1 heterocycles. The molecule has 9 heteroatoms. The van der Waals surface area contributed by atoms with E-state index in [0.29, 0.717) is 11.5 Å². The maximum atomic E-state index is 12.5. The lowest BCUT2D eigenvalue weighted by Crippen LogP contribution is -2.17. The van der Waals surface area contributed by atoms with Gasteiger partial charge in [-0.05, 0) is 18.2 Å². The Morgan fingerprint density at radius 3 is 2.12 bits per heavy atom. The number of aromatic carboxylic acids is 2. The topological polar surface area (TPSA) is 130 Å². The minimum absolute atomic E-state index is 0.0969. The molecule has 0 fully saturated rings. The third-order valence-electron chi connectivity index (χ3n) is 4.79. The largest absolute Gasteiger partial charge is 0.478 e. The van der Waals surface area contributed by atoms with Gasteiger partial charge < -0.3 is 19.9 Å². The van der Waals surface area contributed by atoms with Crippen LogP contribution in [-0.2, 0) is 4.79 Å². The van der Waals surface area contributed by atoms with E-state index in [2.05, 4.69) is 10.3 Å². The van der Waals surface area contributed by atoms with Crippen molar-refractivity contribution in [2.45, 2.75) is 5.22 Å². The summed E-state index contributed by atoms with van der Waals surface area (Å²) in [6.45, 7) is 0. The zero-order chi connectivity index (χ0) is 24.1. The van der Waals surface area contributed by atoms with Crippen LogP contribution < -0.4 is 5.32 Å². The summed E-state index contributed by atoms with van der Waals surface area (Å²) in [7, 11) is 0. The standard InChI is InChI=1S/C25H18N2O6S/c28-20(26-19-13-17(23(29)30)11-12-18(19)24(31)32)14-34-25-27-21(15-7-3-1-4-8-15)22(33-25)16-9-5-2-6-10-16/h1-13H,14H2,(H,26,28)(H,29,30)(H,31,32). The number of anilines is 1. The molecule has 170 valence electrons. The smallest absolute Gasteiger partial charge is 0.337 e. The Labute approximate surface area is 198 Å². The molecule has 0 aliphatic carbocycles. The first-order chi connectivity index (χ1) is 16.4. The summed E-state index contributed by atoms with van der Waals surface area (Å²) in [4.78, 5) is 39.8. The van der Waals surface area contributed by atoms with Gasteiger partial charge in [0.05, 0.1) is 22.6 Å². The van der Waals surface area contributed by atoms with Gasteiger partial charge in [0.15, 0.2) is 5.76 Å². The second-order valence-electron chi connectivity index (χ2n) is 7.10. The molecule has 1 aromatic heterocycles. The highest BCUT2D eigenvalue weighted by molar-refractivity contribution is 7.99. The quantitative estimate of drug-likeness (QED) is 0.300. The molecule has 3 N–H and O–H groups in total. The first-order valence-electron chi connectivity index (χ1n) is 10.1. The van der Waals surface area contributed by atoms with Gasteiger partial charge in [0, 0.05) is 11.1 Å². The van der Waals surface area contributed by atoms with Crippen LogP contribution in [0.25, 0.3) is 22.6 Å². The van der Waals surface area contributed by atoms with Crippen molar-refractivity contribution in [2.75, 3.05) is 11.1 Å². The molecule has 0 saturated carbocycles. The Kier molecular flexibility index (Phi) is 6.74. The number of rotatable bonds is 8. The van der Waals surface area contributed by atoms with E-state index < -0.39 is 17.8 Å². The Morgan fingerprint density at radius 1 is 0.853 bits per heavy atom. The van der Waals surface area contributed by atoms with Gasteiger partial charge >= 0.3 is 11.9 Å². The van der Waals surface area contributed by atoms with E-state index in [9.17, 15) is 19.5 Å². The predicted octanol–water partition coefficient (Wildman–Crippen LogP) is 5.14. The van der Waals surface area contributed by atoms with E-state index in [0.717, 1.165) is 35.0 Å². The number of carbonyl (C=O) groups is 3. The second-order valence-corrected chi connectivity index (χ2v) is 8.02. The minimum atomic E-state index is -1.28. The van der Waals surface area contributed by atoms with Crippen LogP contribution in [0.15, 0.2) is 88.5 Å². The van der Waals surface area contributed by atoms with Crippen molar-refractivity contribution in [3.05, 3.63) is 90.0 Å². The lowest BCUT2D eigenvalue weighted by Gasteiger charge is -2.09. The number of nitrogens with zero attached hydrogens (tertiary/aromatic N) is 1. The average molecular weight is 474 g/mol. The van der Waals surface area contributed by atoms with Gasteiger partial charge in [-0.3, -0.25) is 4.79 Å². The Hall–Kier alpha value is -4.37. The normalized spacial score (nSPS) is 10.6. The molecule has 0 radical (unpaired) electrons. The van der Waals surface area contributed by atoms with Crippen molar-refractivity contribution in [2.24, 2.45) is 0 Å². The van der Waals surface area contributed by atoms with Crippen LogP contribution in [0.5, 0.6) is 0 Å². The number of oxazole rings is 1. The minimum Gasteiger partial charge on any atom is -0.478 e. The fourth-order valence-corrected chi connectivity index (χ4v) is 3.84. The van der Waals surface area contributed by atoms with E-state index >= 15 is 0 Å². The van der Waals surface area contributed by atoms with Crippen LogP contribution in [0, 0.1) is 0 Å². The molecule has 34 heavy (non-hydrogen) atoms. The van der Waals surface area contributed by atoms with Crippen LogP contribution in [0.2, 0.25) is 0 Å². The number of carboxylic acids is 2. The third kappa shape index (κ3) is 5.16. The summed E-state index contributed by atoms with van der Waals surface area (Å²) in [5, 5.41) is 21.2.